The first kappa shape index (κ1) is 14.3. The first-order chi connectivity index (χ1) is 8.60. The Morgan fingerprint density at radius 3 is 2.50 bits per heavy atom. The van der Waals surface area contributed by atoms with E-state index in [9.17, 15) is 5.11 Å². The highest BCUT2D eigenvalue weighted by molar-refractivity contribution is 4.99. The van der Waals surface area contributed by atoms with Gasteiger partial charge in [-0.05, 0) is 45.1 Å². The van der Waals surface area contributed by atoms with Gasteiger partial charge in [0.1, 0.15) is 0 Å². The summed E-state index contributed by atoms with van der Waals surface area (Å²) in [5.74, 6) is 0. The topological polar surface area (TPSA) is 35.5 Å². The zero-order valence-electron chi connectivity index (χ0n) is 12.3. The van der Waals surface area contributed by atoms with Crippen molar-refractivity contribution >= 4 is 0 Å². The fourth-order valence-electron chi connectivity index (χ4n) is 3.77. The maximum absolute atomic E-state index is 9.84. The first-order valence-corrected chi connectivity index (χ1v) is 7.74. The quantitative estimate of drug-likeness (QED) is 0.762. The minimum absolute atomic E-state index is 0.0284. The van der Waals surface area contributed by atoms with Crippen molar-refractivity contribution in [1.82, 2.24) is 10.2 Å². The minimum atomic E-state index is -0.0284. The van der Waals surface area contributed by atoms with Crippen molar-refractivity contribution in [2.45, 2.75) is 83.0 Å². The average Bonchev–Trinajstić information content (AvgIpc) is 3.14. The van der Waals surface area contributed by atoms with Crippen LogP contribution >= 0.6 is 0 Å². The van der Waals surface area contributed by atoms with Gasteiger partial charge in [-0.3, -0.25) is 4.90 Å². The number of nitrogens with zero attached hydrogens (tertiary/aromatic N) is 1. The second-order valence-electron chi connectivity index (χ2n) is 6.55. The number of rotatable bonds is 6. The van der Waals surface area contributed by atoms with E-state index in [-0.39, 0.29) is 12.1 Å². The Morgan fingerprint density at radius 1 is 1.28 bits per heavy atom. The molecule has 2 rings (SSSR count). The third kappa shape index (κ3) is 3.25. The molecule has 2 N–H and O–H groups in total. The van der Waals surface area contributed by atoms with Crippen LogP contribution in [0.4, 0.5) is 0 Å². The van der Waals surface area contributed by atoms with Gasteiger partial charge in [0.15, 0.2) is 0 Å². The van der Waals surface area contributed by atoms with Crippen LogP contribution in [-0.4, -0.2) is 46.8 Å². The van der Waals surface area contributed by atoms with Crippen LogP contribution in [0.1, 0.15) is 59.3 Å². The summed E-state index contributed by atoms with van der Waals surface area (Å²) >= 11 is 0. The maximum Gasteiger partial charge on any atom is 0.0613 e. The predicted octanol–water partition coefficient (Wildman–Crippen LogP) is 2.14. The lowest BCUT2D eigenvalue weighted by Gasteiger charge is -2.45. The summed E-state index contributed by atoms with van der Waals surface area (Å²) in [6, 6.07) is 1.97. The smallest absolute Gasteiger partial charge is 0.0613 e. The molecular formula is C15H30N2O. The third-order valence-electron chi connectivity index (χ3n) is 4.57. The fourth-order valence-corrected chi connectivity index (χ4v) is 3.77. The van der Waals surface area contributed by atoms with Gasteiger partial charge in [-0.1, -0.05) is 20.8 Å². The lowest BCUT2D eigenvalue weighted by Crippen LogP contribution is -2.57. The van der Waals surface area contributed by atoms with Crippen molar-refractivity contribution in [3.8, 4) is 0 Å². The molecule has 2 saturated carbocycles. The highest BCUT2D eigenvalue weighted by Gasteiger charge is 2.41. The normalized spacial score (nSPS) is 33.3. The summed E-state index contributed by atoms with van der Waals surface area (Å²) in [6.07, 6.45) is 7.56. The van der Waals surface area contributed by atoms with E-state index in [1.807, 2.05) is 0 Å². The molecule has 0 saturated heterocycles. The average molecular weight is 254 g/mol. The molecule has 106 valence electrons. The van der Waals surface area contributed by atoms with Crippen molar-refractivity contribution in [2.75, 3.05) is 13.2 Å². The summed E-state index contributed by atoms with van der Waals surface area (Å²) in [5, 5.41) is 13.5. The van der Waals surface area contributed by atoms with E-state index in [4.69, 9.17) is 0 Å². The Bertz CT molecular complexity index is 265. The molecule has 2 aliphatic rings. The highest BCUT2D eigenvalue weighted by Crippen LogP contribution is 2.37. The molecule has 0 aromatic rings. The summed E-state index contributed by atoms with van der Waals surface area (Å²) in [7, 11) is 0. The van der Waals surface area contributed by atoms with Crippen LogP contribution in [0.2, 0.25) is 0 Å². The molecule has 0 aliphatic heterocycles. The molecule has 0 spiro atoms. The van der Waals surface area contributed by atoms with Gasteiger partial charge in [0, 0.05) is 23.7 Å². The monoisotopic (exact) mass is 254 g/mol. The Labute approximate surface area is 112 Å². The maximum atomic E-state index is 9.84. The van der Waals surface area contributed by atoms with Gasteiger partial charge < -0.3 is 10.4 Å². The first-order valence-electron chi connectivity index (χ1n) is 7.74. The molecule has 0 bridgehead atoms. The van der Waals surface area contributed by atoms with Crippen LogP contribution in [0.5, 0.6) is 0 Å². The molecule has 2 aliphatic carbocycles. The molecule has 0 aromatic carbocycles. The van der Waals surface area contributed by atoms with E-state index in [0.717, 1.165) is 18.9 Å². The zero-order chi connectivity index (χ0) is 13.2. The van der Waals surface area contributed by atoms with E-state index < -0.39 is 0 Å². The number of hydrogen-bond acceptors (Lipinski definition) is 3. The van der Waals surface area contributed by atoms with E-state index in [1.54, 1.807) is 0 Å². The lowest BCUT2D eigenvalue weighted by atomic mass is 9.78. The molecule has 18 heavy (non-hydrogen) atoms. The third-order valence-corrected chi connectivity index (χ3v) is 4.57. The molecule has 0 heterocycles. The van der Waals surface area contributed by atoms with Crippen LogP contribution < -0.4 is 5.32 Å². The molecule has 0 amide bonds. The van der Waals surface area contributed by atoms with E-state index >= 15 is 0 Å². The second-order valence-corrected chi connectivity index (χ2v) is 6.55. The number of nitrogens with one attached hydrogen (secondary N) is 1. The minimum Gasteiger partial charge on any atom is -0.394 e. The number of hydrogen-bond donors (Lipinski definition) is 2. The van der Waals surface area contributed by atoms with E-state index in [0.29, 0.717) is 12.1 Å². The number of aliphatic hydroxyl groups excluding tert-OH is 1. The van der Waals surface area contributed by atoms with Crippen molar-refractivity contribution in [3.63, 3.8) is 0 Å². The number of aliphatic hydroxyl groups is 1. The highest BCUT2D eigenvalue weighted by atomic mass is 16.3. The molecule has 0 radical (unpaired) electrons. The Kier molecular flexibility index (Phi) is 4.68. The van der Waals surface area contributed by atoms with Crippen molar-refractivity contribution < 1.29 is 5.11 Å². The van der Waals surface area contributed by atoms with Gasteiger partial charge in [0.05, 0.1) is 6.61 Å². The molecule has 2 unspecified atom stereocenters. The molecule has 0 aromatic heterocycles. The zero-order valence-corrected chi connectivity index (χ0v) is 12.3. The fraction of sp³-hybridized carbons (Fsp3) is 1.00. The summed E-state index contributed by atoms with van der Waals surface area (Å²) in [5.41, 5.74) is -0.0284. The van der Waals surface area contributed by atoms with Crippen molar-refractivity contribution in [3.05, 3.63) is 0 Å². The van der Waals surface area contributed by atoms with Crippen LogP contribution in [-0.2, 0) is 0 Å². The summed E-state index contributed by atoms with van der Waals surface area (Å²) < 4.78 is 0. The summed E-state index contributed by atoms with van der Waals surface area (Å²) in [6.45, 7) is 8.09. The standard InChI is InChI=1S/C15H30N2O/c1-4-17(13-7-8-13)14-6-5-9-15(10-14,11-18)16-12(2)3/h12-14,16,18H,4-11H2,1-3H3. The van der Waals surface area contributed by atoms with Crippen LogP contribution in [0, 0.1) is 0 Å². The van der Waals surface area contributed by atoms with Crippen LogP contribution in [0.15, 0.2) is 0 Å². The van der Waals surface area contributed by atoms with Crippen molar-refractivity contribution in [1.29, 1.82) is 0 Å². The van der Waals surface area contributed by atoms with Gasteiger partial charge in [0.25, 0.3) is 0 Å². The SMILES string of the molecule is CCN(C1CC1)C1CCCC(CO)(NC(C)C)C1. The summed E-state index contributed by atoms with van der Waals surface area (Å²) in [4.78, 5) is 2.69. The Balaban J connectivity index is 2.01. The van der Waals surface area contributed by atoms with Gasteiger partial charge in [-0.25, -0.2) is 0 Å². The predicted molar refractivity (Wildman–Crippen MR) is 75.7 cm³/mol. The molecule has 3 heteroatoms. The van der Waals surface area contributed by atoms with Crippen molar-refractivity contribution in [2.24, 2.45) is 0 Å². The van der Waals surface area contributed by atoms with E-state index in [2.05, 4.69) is 31.0 Å². The lowest BCUT2D eigenvalue weighted by molar-refractivity contribution is 0.0529. The van der Waals surface area contributed by atoms with Crippen LogP contribution in [0.3, 0.4) is 0 Å². The molecule has 2 fully saturated rings. The van der Waals surface area contributed by atoms with Crippen LogP contribution in [0.25, 0.3) is 0 Å². The van der Waals surface area contributed by atoms with Gasteiger partial charge in [-0.15, -0.1) is 0 Å². The van der Waals surface area contributed by atoms with Gasteiger partial charge >= 0.3 is 0 Å². The largest absolute Gasteiger partial charge is 0.394 e. The molecule has 3 nitrogen and oxygen atoms in total. The Hall–Kier alpha value is -0.120. The molecule has 2 atom stereocenters. The van der Waals surface area contributed by atoms with Gasteiger partial charge in [-0.2, -0.15) is 0 Å². The van der Waals surface area contributed by atoms with Gasteiger partial charge in [0.2, 0.25) is 0 Å². The Morgan fingerprint density at radius 2 is 2.00 bits per heavy atom. The molecular weight excluding hydrogens is 224 g/mol. The second kappa shape index (κ2) is 5.89. The van der Waals surface area contributed by atoms with E-state index in [1.165, 1.54) is 32.2 Å².